The summed E-state index contributed by atoms with van der Waals surface area (Å²) in [7, 11) is 1.11. The van der Waals surface area contributed by atoms with Crippen molar-refractivity contribution in [1.29, 1.82) is 0 Å². The fourth-order valence-corrected chi connectivity index (χ4v) is 5.73. The molecular weight excluding hydrogens is 705 g/mol. The Kier molecular flexibility index (Phi) is 23.7. The van der Waals surface area contributed by atoms with Crippen LogP contribution < -0.4 is 0 Å². The van der Waals surface area contributed by atoms with Gasteiger partial charge >= 0.3 is 31.7 Å². The van der Waals surface area contributed by atoms with E-state index in [2.05, 4.69) is 11.7 Å². The van der Waals surface area contributed by atoms with Crippen LogP contribution in [0.3, 0.4) is 0 Å². The Hall–Kier alpha value is -2.75. The molecule has 0 aromatic heterocycles. The largest absolute Gasteiger partial charge is 0.505 e. The topological polar surface area (TPSA) is 222 Å². The van der Waals surface area contributed by atoms with Gasteiger partial charge in [0, 0.05) is 19.3 Å². The lowest BCUT2D eigenvalue weighted by Crippen LogP contribution is -2.37. The Balaban J connectivity index is 2.45. The van der Waals surface area contributed by atoms with Crippen molar-refractivity contribution in [3.63, 3.8) is 0 Å². The molecular formula is C35H63NO15P+. The van der Waals surface area contributed by atoms with Gasteiger partial charge in [0.2, 0.25) is 5.76 Å². The molecule has 0 saturated heterocycles. The summed E-state index contributed by atoms with van der Waals surface area (Å²) < 4.78 is 43.0. The number of phosphoric ester groups is 1. The second kappa shape index (κ2) is 26.1. The van der Waals surface area contributed by atoms with Crippen LogP contribution in [-0.2, 0) is 51.7 Å². The number of hydrogen-bond acceptors (Lipinski definition) is 14. The number of unbranched alkanes of at least 4 members (excludes halogenated alkanes) is 12. The minimum atomic E-state index is -4.52. The quantitative estimate of drug-likeness (QED) is 0.0237. The first-order valence-corrected chi connectivity index (χ1v) is 20.0. The second-order valence-electron chi connectivity index (χ2n) is 14.1. The van der Waals surface area contributed by atoms with Crippen molar-refractivity contribution < 1.29 is 76.4 Å². The highest BCUT2D eigenvalue weighted by atomic mass is 31.2. The normalized spacial score (nSPS) is 17.0. The number of quaternary nitrogens is 1. The maximum atomic E-state index is 12.6. The number of ether oxygens (including phenoxy) is 4. The molecule has 0 aliphatic carbocycles. The second-order valence-corrected chi connectivity index (χ2v) is 15.5. The van der Waals surface area contributed by atoms with E-state index in [4.69, 9.17) is 23.3 Å². The molecule has 0 amide bonds. The van der Waals surface area contributed by atoms with Gasteiger partial charge < -0.3 is 43.6 Å². The molecule has 1 heterocycles. The zero-order chi connectivity index (χ0) is 39.0. The predicted octanol–water partition coefficient (Wildman–Crippen LogP) is 5.09. The Bertz CT molecular complexity index is 1160. The molecule has 0 saturated carbocycles. The Morgan fingerprint density at radius 3 is 1.77 bits per heavy atom. The summed E-state index contributed by atoms with van der Waals surface area (Å²) >= 11 is 0. The molecule has 1 aliphatic heterocycles. The Morgan fingerprint density at radius 2 is 1.25 bits per heavy atom. The molecule has 0 aromatic carbocycles. The van der Waals surface area contributed by atoms with E-state index in [1.165, 1.54) is 57.8 Å². The van der Waals surface area contributed by atoms with Gasteiger partial charge in [-0.3, -0.25) is 23.4 Å². The number of cyclic esters (lactones) is 1. The maximum absolute atomic E-state index is 12.6. The van der Waals surface area contributed by atoms with E-state index in [1.54, 1.807) is 0 Å². The summed E-state index contributed by atoms with van der Waals surface area (Å²) in [6.45, 7) is 0.873. The molecule has 4 N–H and O–H groups in total. The molecule has 0 spiro atoms. The number of carbonyl (C=O) groups is 4. The zero-order valence-electron chi connectivity index (χ0n) is 31.5. The van der Waals surface area contributed by atoms with Gasteiger partial charge in [-0.05, 0) is 12.8 Å². The number of aliphatic hydroxyl groups excluding tert-OH is 3. The van der Waals surface area contributed by atoms with E-state index in [0.717, 1.165) is 19.3 Å². The third-order valence-electron chi connectivity index (χ3n) is 8.12. The summed E-state index contributed by atoms with van der Waals surface area (Å²) in [6, 6.07) is 0. The van der Waals surface area contributed by atoms with Gasteiger partial charge in [-0.25, -0.2) is 9.36 Å². The van der Waals surface area contributed by atoms with Crippen molar-refractivity contribution in [2.24, 2.45) is 0 Å². The van der Waals surface area contributed by atoms with Crippen molar-refractivity contribution in [2.45, 2.75) is 134 Å². The van der Waals surface area contributed by atoms with E-state index in [-0.39, 0.29) is 32.3 Å². The Labute approximate surface area is 307 Å². The molecule has 0 aromatic rings. The minimum absolute atomic E-state index is 0.0445. The predicted molar refractivity (Wildman–Crippen MR) is 189 cm³/mol. The Morgan fingerprint density at radius 1 is 0.750 bits per heavy atom. The smallest absolute Gasteiger partial charge is 0.472 e. The number of nitrogens with zero attached hydrogens (tertiary/aromatic N) is 1. The van der Waals surface area contributed by atoms with Crippen molar-refractivity contribution in [3.05, 3.63) is 11.5 Å². The molecule has 0 fully saturated rings. The van der Waals surface area contributed by atoms with E-state index < -0.39 is 81.4 Å². The van der Waals surface area contributed by atoms with E-state index >= 15 is 0 Å². The van der Waals surface area contributed by atoms with Crippen LogP contribution in [0.4, 0.5) is 0 Å². The maximum Gasteiger partial charge on any atom is 0.472 e. The van der Waals surface area contributed by atoms with Crippen LogP contribution in [0, 0.1) is 0 Å². The van der Waals surface area contributed by atoms with Gasteiger partial charge in [0.15, 0.2) is 18.0 Å². The summed E-state index contributed by atoms with van der Waals surface area (Å²) in [6.07, 6.45) is 10.3. The molecule has 52 heavy (non-hydrogen) atoms. The summed E-state index contributed by atoms with van der Waals surface area (Å²) in [5.41, 5.74) is 0. The van der Waals surface area contributed by atoms with Crippen LogP contribution in [0.2, 0.25) is 0 Å². The highest BCUT2D eigenvalue weighted by molar-refractivity contribution is 7.47. The number of carbonyl (C=O) groups excluding carboxylic acids is 4. The average Bonchev–Trinajstić information content (AvgIpc) is 3.33. The average molecular weight is 769 g/mol. The first-order valence-electron chi connectivity index (χ1n) is 18.5. The molecule has 1 aliphatic rings. The molecule has 0 radical (unpaired) electrons. The molecule has 1 rings (SSSR count). The number of aliphatic hydroxyl groups is 3. The number of phosphoric acid groups is 1. The number of esters is 4. The van der Waals surface area contributed by atoms with Crippen molar-refractivity contribution in [2.75, 3.05) is 54.1 Å². The number of likely N-dealkylation sites (N-methyl/N-ethyl adjacent to an activating group) is 1. The van der Waals surface area contributed by atoms with Gasteiger partial charge in [0.05, 0.1) is 27.7 Å². The SMILES string of the molecule is CCCCCCCCCCCCCCCC(=O)OC[C@H](COP(=O)(O)OCC[N+](C)(C)C)OC(=O)CCCC(=O)OC[C@H](O)[C@H]1OC(=O)C(O)=C1O. The van der Waals surface area contributed by atoms with E-state index in [1.807, 2.05) is 21.1 Å². The van der Waals surface area contributed by atoms with Crippen molar-refractivity contribution >= 4 is 31.7 Å². The molecule has 16 nitrogen and oxygen atoms in total. The van der Waals surface area contributed by atoms with Crippen LogP contribution in [0.15, 0.2) is 11.5 Å². The van der Waals surface area contributed by atoms with Gasteiger partial charge in [0.1, 0.15) is 32.5 Å². The van der Waals surface area contributed by atoms with Crippen LogP contribution in [0.25, 0.3) is 0 Å². The minimum Gasteiger partial charge on any atom is -0.505 e. The monoisotopic (exact) mass is 768 g/mol. The summed E-state index contributed by atoms with van der Waals surface area (Å²) in [5, 5.41) is 29.0. The van der Waals surface area contributed by atoms with Crippen LogP contribution >= 0.6 is 7.82 Å². The van der Waals surface area contributed by atoms with Gasteiger partial charge in [-0.15, -0.1) is 0 Å². The third kappa shape index (κ3) is 23.0. The highest BCUT2D eigenvalue weighted by Gasteiger charge is 2.39. The molecule has 302 valence electrons. The van der Waals surface area contributed by atoms with Crippen LogP contribution in [0.1, 0.15) is 116 Å². The first-order chi connectivity index (χ1) is 24.5. The first kappa shape index (κ1) is 47.3. The van der Waals surface area contributed by atoms with Crippen molar-refractivity contribution in [1.82, 2.24) is 0 Å². The molecule has 17 heteroatoms. The van der Waals surface area contributed by atoms with Crippen molar-refractivity contribution in [3.8, 4) is 0 Å². The van der Waals surface area contributed by atoms with E-state index in [9.17, 15) is 44.0 Å². The summed E-state index contributed by atoms with van der Waals surface area (Å²) in [4.78, 5) is 58.4. The highest BCUT2D eigenvalue weighted by Crippen LogP contribution is 2.43. The lowest BCUT2D eigenvalue weighted by molar-refractivity contribution is -0.870. The van der Waals surface area contributed by atoms with Gasteiger partial charge in [-0.1, -0.05) is 84.0 Å². The van der Waals surface area contributed by atoms with Gasteiger partial charge in [0.25, 0.3) is 0 Å². The van der Waals surface area contributed by atoms with Crippen LogP contribution in [-0.4, -0.2) is 121 Å². The number of rotatable bonds is 31. The molecule has 4 atom stereocenters. The standard InChI is InChI=1S/C35H62NO15P/c1-5-6-7-8-9-10-11-12-13-14-15-16-17-19-29(38)46-24-27(25-49-52(44,45)48-23-22-36(2,3)4)50-31(40)21-18-20-30(39)47-26-28(37)34-32(41)33(42)35(43)51-34/h27-28,34,37H,5-26H2,1-4H3,(H2-,41,42,43,44,45)/p+1/t27-,28+,34-/m1/s1. The zero-order valence-corrected chi connectivity index (χ0v) is 32.4. The fraction of sp³-hybridized carbons (Fsp3) is 0.829. The molecule has 0 bridgehead atoms. The van der Waals surface area contributed by atoms with Gasteiger partial charge in [-0.2, -0.15) is 0 Å². The molecule has 1 unspecified atom stereocenters. The fourth-order valence-electron chi connectivity index (χ4n) is 4.99. The van der Waals surface area contributed by atoms with Crippen LogP contribution in [0.5, 0.6) is 0 Å². The lowest BCUT2D eigenvalue weighted by atomic mass is 10.0. The summed E-state index contributed by atoms with van der Waals surface area (Å²) in [5.74, 6) is -5.29. The third-order valence-corrected chi connectivity index (χ3v) is 9.10. The number of hydrogen-bond donors (Lipinski definition) is 4. The van der Waals surface area contributed by atoms with E-state index in [0.29, 0.717) is 17.4 Å². The lowest BCUT2D eigenvalue weighted by Gasteiger charge is -2.24.